The van der Waals surface area contributed by atoms with Gasteiger partial charge < -0.3 is 5.32 Å². The van der Waals surface area contributed by atoms with E-state index in [1.165, 1.54) is 0 Å². The highest BCUT2D eigenvalue weighted by atomic mass is 35.5. The minimum atomic E-state index is 0.659. The summed E-state index contributed by atoms with van der Waals surface area (Å²) in [5.41, 5.74) is 3.03. The van der Waals surface area contributed by atoms with Gasteiger partial charge >= 0.3 is 0 Å². The molecule has 2 aromatic heterocycles. The Morgan fingerprint density at radius 3 is 2.79 bits per heavy atom. The molecule has 0 saturated carbocycles. The summed E-state index contributed by atoms with van der Waals surface area (Å²) in [4.78, 5) is 0. The summed E-state index contributed by atoms with van der Waals surface area (Å²) in [6, 6.07) is 2.03. The van der Waals surface area contributed by atoms with Gasteiger partial charge in [-0.1, -0.05) is 18.5 Å². The van der Waals surface area contributed by atoms with Crippen molar-refractivity contribution in [2.75, 3.05) is 6.54 Å². The molecule has 0 unspecified atom stereocenters. The maximum Gasteiger partial charge on any atom is 0.132 e. The van der Waals surface area contributed by atoms with E-state index < -0.39 is 0 Å². The van der Waals surface area contributed by atoms with Crippen molar-refractivity contribution in [3.05, 3.63) is 34.4 Å². The van der Waals surface area contributed by atoms with Gasteiger partial charge in [-0.2, -0.15) is 10.2 Å². The monoisotopic (exact) mass is 281 g/mol. The molecule has 0 spiro atoms. The van der Waals surface area contributed by atoms with Gasteiger partial charge in [-0.3, -0.25) is 9.36 Å². The van der Waals surface area contributed by atoms with Gasteiger partial charge in [-0.25, -0.2) is 0 Å². The molecule has 0 bridgehead atoms. The van der Waals surface area contributed by atoms with Gasteiger partial charge in [-0.15, -0.1) is 0 Å². The quantitative estimate of drug-likeness (QED) is 0.825. The number of nitrogens with zero attached hydrogens (tertiary/aromatic N) is 4. The molecule has 6 heteroatoms. The second-order valence-electron chi connectivity index (χ2n) is 4.66. The van der Waals surface area contributed by atoms with Crippen molar-refractivity contribution < 1.29 is 0 Å². The third-order valence-corrected chi connectivity index (χ3v) is 3.49. The summed E-state index contributed by atoms with van der Waals surface area (Å²) in [5.74, 6) is 0. The number of aryl methyl sites for hydroxylation is 2. The molecule has 2 heterocycles. The first-order valence-electron chi connectivity index (χ1n) is 6.52. The van der Waals surface area contributed by atoms with Crippen LogP contribution in [0.3, 0.4) is 0 Å². The first-order valence-corrected chi connectivity index (χ1v) is 6.90. The fourth-order valence-electron chi connectivity index (χ4n) is 1.99. The van der Waals surface area contributed by atoms with Crippen LogP contribution in [0.1, 0.15) is 30.3 Å². The number of hydrogen-bond acceptors (Lipinski definition) is 3. The second-order valence-corrected chi connectivity index (χ2v) is 5.02. The predicted octanol–water partition coefficient (Wildman–Crippen LogP) is 2.13. The molecule has 0 aromatic carbocycles. The average molecular weight is 282 g/mol. The molecule has 2 rings (SSSR count). The summed E-state index contributed by atoms with van der Waals surface area (Å²) < 4.78 is 3.60. The highest BCUT2D eigenvalue weighted by Gasteiger charge is 2.12. The fraction of sp³-hybridized carbons (Fsp3) is 0.538. The SMILES string of the molecule is CCCNCc1ccn(Cc2c(C)nn(C)c2Cl)n1. The number of rotatable bonds is 6. The largest absolute Gasteiger partial charge is 0.311 e. The van der Waals surface area contributed by atoms with E-state index in [4.69, 9.17) is 11.6 Å². The lowest BCUT2D eigenvalue weighted by Gasteiger charge is -2.02. The zero-order chi connectivity index (χ0) is 13.8. The molecule has 0 radical (unpaired) electrons. The predicted molar refractivity (Wildman–Crippen MR) is 76.3 cm³/mol. The van der Waals surface area contributed by atoms with Crippen LogP contribution in [0.25, 0.3) is 0 Å². The van der Waals surface area contributed by atoms with Gasteiger partial charge in [0.25, 0.3) is 0 Å². The maximum atomic E-state index is 6.22. The van der Waals surface area contributed by atoms with Gasteiger partial charge in [0.1, 0.15) is 5.15 Å². The summed E-state index contributed by atoms with van der Waals surface area (Å²) in [5, 5.41) is 12.8. The van der Waals surface area contributed by atoms with Crippen molar-refractivity contribution in [1.82, 2.24) is 24.9 Å². The molecule has 19 heavy (non-hydrogen) atoms. The summed E-state index contributed by atoms with van der Waals surface area (Å²) in [6.07, 6.45) is 3.11. The summed E-state index contributed by atoms with van der Waals surface area (Å²) in [6.45, 7) is 6.60. The molecule has 0 aliphatic rings. The first kappa shape index (κ1) is 14.1. The zero-order valence-electron chi connectivity index (χ0n) is 11.6. The normalized spacial score (nSPS) is 11.2. The second kappa shape index (κ2) is 6.21. The van der Waals surface area contributed by atoms with Gasteiger partial charge in [0.05, 0.1) is 17.9 Å². The van der Waals surface area contributed by atoms with Gasteiger partial charge in [0.15, 0.2) is 0 Å². The lowest BCUT2D eigenvalue weighted by Crippen LogP contribution is -2.14. The minimum absolute atomic E-state index is 0.659. The van der Waals surface area contributed by atoms with Crippen LogP contribution in [-0.4, -0.2) is 26.1 Å². The molecule has 1 N–H and O–H groups in total. The lowest BCUT2D eigenvalue weighted by atomic mass is 10.3. The van der Waals surface area contributed by atoms with Crippen LogP contribution in [-0.2, 0) is 20.1 Å². The van der Waals surface area contributed by atoms with Crippen molar-refractivity contribution in [3.8, 4) is 0 Å². The van der Waals surface area contributed by atoms with E-state index in [2.05, 4.69) is 22.4 Å². The molecular weight excluding hydrogens is 262 g/mol. The molecule has 104 valence electrons. The Bertz CT molecular complexity index is 543. The molecule has 0 aliphatic carbocycles. The lowest BCUT2D eigenvalue weighted by molar-refractivity contribution is 0.627. The summed E-state index contributed by atoms with van der Waals surface area (Å²) in [7, 11) is 1.85. The molecule has 2 aromatic rings. The van der Waals surface area contributed by atoms with Gasteiger partial charge in [-0.05, 0) is 26.0 Å². The molecule has 0 fully saturated rings. The molecule has 0 amide bonds. The number of hydrogen-bond donors (Lipinski definition) is 1. The van der Waals surface area contributed by atoms with Crippen LogP contribution in [0.15, 0.2) is 12.3 Å². The number of nitrogens with one attached hydrogen (secondary N) is 1. The number of aromatic nitrogens is 4. The maximum absolute atomic E-state index is 6.22. The third kappa shape index (κ3) is 3.36. The van der Waals surface area contributed by atoms with Crippen LogP contribution < -0.4 is 5.32 Å². The Hall–Kier alpha value is -1.33. The molecule has 0 saturated heterocycles. The summed E-state index contributed by atoms with van der Waals surface area (Å²) >= 11 is 6.22. The Kier molecular flexibility index (Phi) is 4.61. The van der Waals surface area contributed by atoms with Gasteiger partial charge in [0.2, 0.25) is 0 Å². The van der Waals surface area contributed by atoms with Crippen molar-refractivity contribution in [2.45, 2.75) is 33.4 Å². The topological polar surface area (TPSA) is 47.7 Å². The third-order valence-electron chi connectivity index (χ3n) is 3.02. The first-order chi connectivity index (χ1) is 9.11. The molecule has 0 aliphatic heterocycles. The number of halogens is 1. The van der Waals surface area contributed by atoms with Crippen LogP contribution in [0.5, 0.6) is 0 Å². The highest BCUT2D eigenvalue weighted by molar-refractivity contribution is 6.30. The Morgan fingerprint density at radius 1 is 1.37 bits per heavy atom. The van der Waals surface area contributed by atoms with Crippen LogP contribution >= 0.6 is 11.6 Å². The smallest absolute Gasteiger partial charge is 0.132 e. The van der Waals surface area contributed by atoms with Crippen LogP contribution in [0.4, 0.5) is 0 Å². The van der Waals surface area contributed by atoms with E-state index in [0.717, 1.165) is 36.5 Å². The average Bonchev–Trinajstić information content (AvgIpc) is 2.91. The van der Waals surface area contributed by atoms with E-state index in [1.54, 1.807) is 4.68 Å². The van der Waals surface area contributed by atoms with E-state index in [1.807, 2.05) is 30.9 Å². The van der Waals surface area contributed by atoms with Gasteiger partial charge in [0, 0.05) is 25.4 Å². The van der Waals surface area contributed by atoms with E-state index in [9.17, 15) is 0 Å². The zero-order valence-corrected chi connectivity index (χ0v) is 12.4. The van der Waals surface area contributed by atoms with Crippen molar-refractivity contribution in [3.63, 3.8) is 0 Å². The van der Waals surface area contributed by atoms with Crippen LogP contribution in [0, 0.1) is 6.92 Å². The van der Waals surface area contributed by atoms with E-state index >= 15 is 0 Å². The van der Waals surface area contributed by atoms with Crippen molar-refractivity contribution in [2.24, 2.45) is 7.05 Å². The Labute approximate surface area is 118 Å². The fourth-order valence-corrected chi connectivity index (χ4v) is 2.23. The van der Waals surface area contributed by atoms with E-state index in [0.29, 0.717) is 11.7 Å². The van der Waals surface area contributed by atoms with E-state index in [-0.39, 0.29) is 0 Å². The minimum Gasteiger partial charge on any atom is -0.311 e. The standard InChI is InChI=1S/C13H20ClN5/c1-4-6-15-8-11-5-7-19(17-11)9-12-10(2)16-18(3)13(12)14/h5,7,15H,4,6,8-9H2,1-3H3. The Balaban J connectivity index is 2.03. The molecule has 5 nitrogen and oxygen atoms in total. The highest BCUT2D eigenvalue weighted by Crippen LogP contribution is 2.19. The van der Waals surface area contributed by atoms with Crippen LogP contribution in [0.2, 0.25) is 5.15 Å². The molecule has 0 atom stereocenters. The van der Waals surface area contributed by atoms with Crippen molar-refractivity contribution >= 4 is 11.6 Å². The Morgan fingerprint density at radius 2 is 2.16 bits per heavy atom. The molecular formula is C13H20ClN5. The van der Waals surface area contributed by atoms with Crippen molar-refractivity contribution in [1.29, 1.82) is 0 Å².